The number of cyclic esters (lactones) is 1. The Morgan fingerprint density at radius 2 is 1.28 bits per heavy atom. The van der Waals surface area contributed by atoms with Crippen LogP contribution in [0.15, 0.2) is 85.1 Å². The molecule has 0 spiro atoms. The van der Waals surface area contributed by atoms with E-state index in [2.05, 4.69) is 10.9 Å². The fourth-order valence-electron chi connectivity index (χ4n) is 8.35. The van der Waals surface area contributed by atoms with Crippen LogP contribution in [0.2, 0.25) is 0 Å². The Labute approximate surface area is 415 Å². The van der Waals surface area contributed by atoms with Gasteiger partial charge in [-0.3, -0.25) is 15.0 Å². The number of amides is 2. The SMILES string of the molecule is CCOC(=O)NNC(=O)[C@H]1[C@@H]2C[C@@H](O[C@@H]3O[C@H](C)[C@@H](O)[C@H](N)[C@@H]3O)/C=C/C=C/C=C/C=C/C=C/C=C/C=C/[C@H](C)[C@@H](O)[C@@H](C)[C@H](C)OC(=O)C[C@H](O)C[C@H](O)CC[C@@H](O)[C@H](O)C[C@H](O)C[C@](O)(C[C@@H]1O)O2. The Kier molecular flexibility index (Phi) is 26.5. The summed E-state index contributed by atoms with van der Waals surface area (Å²) in [5.41, 5.74) is 10.3. The lowest BCUT2D eigenvalue weighted by atomic mass is 9.82. The number of ether oxygens (including phenoxy) is 5. The molecule has 14 N–H and O–H groups in total. The zero-order valence-electron chi connectivity index (χ0n) is 41.2. The number of aliphatic hydroxyl groups excluding tert-OH is 9. The molecule has 2 bridgehead atoms. The highest BCUT2D eigenvalue weighted by molar-refractivity contribution is 5.82. The lowest BCUT2D eigenvalue weighted by molar-refractivity contribution is -0.307. The molecule has 0 unspecified atom stereocenters. The molecule has 402 valence electrons. The van der Waals surface area contributed by atoms with Crippen LogP contribution in [0.25, 0.3) is 0 Å². The van der Waals surface area contributed by atoms with E-state index in [1.807, 2.05) is 13.0 Å². The van der Waals surface area contributed by atoms with Crippen molar-refractivity contribution >= 4 is 18.0 Å². The highest BCUT2D eigenvalue weighted by Gasteiger charge is 2.51. The second-order valence-corrected chi connectivity index (χ2v) is 18.6. The number of carbonyl (C=O) groups excluding carboxylic acids is 3. The molecule has 0 aromatic rings. The number of aliphatic hydroxyl groups is 10. The van der Waals surface area contributed by atoms with Crippen molar-refractivity contribution in [2.45, 2.75) is 183 Å². The first kappa shape index (κ1) is 61.1. The maximum atomic E-state index is 13.6. The van der Waals surface area contributed by atoms with Gasteiger partial charge in [0, 0.05) is 37.5 Å². The fourth-order valence-corrected chi connectivity index (χ4v) is 8.35. The monoisotopic (exact) mass is 1010 g/mol. The average molecular weight is 1010 g/mol. The van der Waals surface area contributed by atoms with E-state index in [0.29, 0.717) is 0 Å². The molecule has 3 aliphatic rings. The second-order valence-electron chi connectivity index (χ2n) is 18.6. The number of nitrogens with one attached hydrogen (secondary N) is 2. The first-order valence-corrected chi connectivity index (χ1v) is 24.2. The number of hydrogen-bond acceptors (Lipinski definition) is 19. The average Bonchev–Trinajstić information content (AvgIpc) is 3.29. The van der Waals surface area contributed by atoms with Crippen molar-refractivity contribution in [1.29, 1.82) is 0 Å². The van der Waals surface area contributed by atoms with Crippen molar-refractivity contribution in [3.63, 3.8) is 0 Å². The number of hydrogen-bond donors (Lipinski definition) is 13. The molecule has 0 aromatic heterocycles. The molecule has 2 amide bonds. The van der Waals surface area contributed by atoms with Crippen LogP contribution in [0.1, 0.15) is 86.0 Å². The molecule has 0 aliphatic carbocycles. The number of fused-ring (bicyclic) bond motifs is 2. The molecular weight excluding hydrogens is 931 g/mol. The van der Waals surface area contributed by atoms with Crippen LogP contribution in [-0.4, -0.2) is 173 Å². The van der Waals surface area contributed by atoms with Crippen molar-refractivity contribution in [3.05, 3.63) is 85.1 Å². The first-order chi connectivity index (χ1) is 33.5. The van der Waals surface area contributed by atoms with Gasteiger partial charge in [-0.2, -0.15) is 0 Å². The predicted octanol–water partition coefficient (Wildman–Crippen LogP) is 0.404. The molecule has 3 rings (SSSR count). The van der Waals surface area contributed by atoms with Gasteiger partial charge in [0.2, 0.25) is 5.91 Å². The third-order valence-electron chi connectivity index (χ3n) is 12.6. The van der Waals surface area contributed by atoms with Gasteiger partial charge in [0.1, 0.15) is 12.2 Å². The van der Waals surface area contributed by atoms with Crippen LogP contribution in [0.3, 0.4) is 0 Å². The van der Waals surface area contributed by atoms with Gasteiger partial charge in [0.05, 0.1) is 92.1 Å². The third kappa shape index (κ3) is 21.1. The van der Waals surface area contributed by atoms with E-state index in [1.165, 1.54) is 13.0 Å². The number of rotatable bonds is 4. The van der Waals surface area contributed by atoms with Crippen LogP contribution in [-0.2, 0) is 33.3 Å². The second kappa shape index (κ2) is 30.8. The normalized spacial score (nSPS) is 42.5. The van der Waals surface area contributed by atoms with Gasteiger partial charge >= 0.3 is 12.1 Å². The minimum atomic E-state index is -2.37. The van der Waals surface area contributed by atoms with E-state index in [4.69, 9.17) is 29.4 Å². The Morgan fingerprint density at radius 1 is 0.690 bits per heavy atom. The largest absolute Gasteiger partial charge is 0.462 e. The van der Waals surface area contributed by atoms with Gasteiger partial charge in [0.25, 0.3) is 0 Å². The Bertz CT molecular complexity index is 1840. The zero-order valence-corrected chi connectivity index (χ0v) is 41.2. The number of nitrogens with two attached hydrogens (primary N) is 1. The topological polar surface area (TPSA) is 350 Å². The van der Waals surface area contributed by atoms with Crippen LogP contribution < -0.4 is 16.6 Å². The lowest BCUT2D eigenvalue weighted by Gasteiger charge is -2.46. The van der Waals surface area contributed by atoms with E-state index in [9.17, 15) is 65.4 Å². The van der Waals surface area contributed by atoms with Crippen LogP contribution >= 0.6 is 0 Å². The van der Waals surface area contributed by atoms with Crippen LogP contribution in [0.5, 0.6) is 0 Å². The summed E-state index contributed by atoms with van der Waals surface area (Å²) in [6.45, 7) is 8.25. The van der Waals surface area contributed by atoms with E-state index in [-0.39, 0.29) is 38.2 Å². The van der Waals surface area contributed by atoms with Gasteiger partial charge in [-0.05, 0) is 40.0 Å². The Balaban J connectivity index is 1.94. The minimum absolute atomic E-state index is 0.0212. The zero-order chi connectivity index (χ0) is 52.8. The van der Waals surface area contributed by atoms with Gasteiger partial charge in [0.15, 0.2) is 12.1 Å². The quantitative estimate of drug-likeness (QED) is 0.134. The number of esters is 1. The summed E-state index contributed by atoms with van der Waals surface area (Å²) in [6.07, 6.45) is 1.99. The summed E-state index contributed by atoms with van der Waals surface area (Å²) in [5, 5.41) is 109. The smallest absolute Gasteiger partial charge is 0.426 e. The summed E-state index contributed by atoms with van der Waals surface area (Å²) in [6, 6.07) is -1.18. The molecule has 19 atom stereocenters. The highest BCUT2D eigenvalue weighted by Crippen LogP contribution is 2.38. The van der Waals surface area contributed by atoms with E-state index >= 15 is 0 Å². The molecule has 0 saturated carbocycles. The molecule has 2 fully saturated rings. The van der Waals surface area contributed by atoms with E-state index in [0.717, 1.165) is 0 Å². The maximum Gasteiger partial charge on any atom is 0.426 e. The molecule has 21 heteroatoms. The number of hydrazine groups is 1. The third-order valence-corrected chi connectivity index (χ3v) is 12.6. The predicted molar refractivity (Wildman–Crippen MR) is 258 cm³/mol. The summed E-state index contributed by atoms with van der Waals surface area (Å²) in [7, 11) is 0. The highest BCUT2D eigenvalue weighted by atomic mass is 16.7. The van der Waals surface area contributed by atoms with Crippen LogP contribution in [0.4, 0.5) is 4.79 Å². The van der Waals surface area contributed by atoms with Crippen molar-refractivity contribution in [3.8, 4) is 0 Å². The number of carbonyl (C=O) groups is 3. The molecule has 3 aliphatic heterocycles. The van der Waals surface area contributed by atoms with Gasteiger partial charge < -0.3 is 80.5 Å². The Morgan fingerprint density at radius 3 is 1.89 bits per heavy atom. The minimum Gasteiger partial charge on any atom is -0.462 e. The molecule has 2 saturated heterocycles. The van der Waals surface area contributed by atoms with Gasteiger partial charge in [-0.1, -0.05) is 98.9 Å². The van der Waals surface area contributed by atoms with Crippen molar-refractivity contribution in [1.82, 2.24) is 10.9 Å². The van der Waals surface area contributed by atoms with Crippen LogP contribution in [0, 0.1) is 17.8 Å². The first-order valence-electron chi connectivity index (χ1n) is 24.2. The number of allylic oxidation sites excluding steroid dienone is 12. The summed E-state index contributed by atoms with van der Waals surface area (Å²) in [4.78, 5) is 38.4. The summed E-state index contributed by atoms with van der Waals surface area (Å²) >= 11 is 0. The van der Waals surface area contributed by atoms with Crippen molar-refractivity contribution < 1.29 is 89.1 Å². The van der Waals surface area contributed by atoms with E-state index < -0.39 is 153 Å². The van der Waals surface area contributed by atoms with Crippen molar-refractivity contribution in [2.75, 3.05) is 6.61 Å². The molecule has 21 nitrogen and oxygen atoms in total. The molecule has 3 heterocycles. The van der Waals surface area contributed by atoms with Gasteiger partial charge in [-0.15, -0.1) is 0 Å². The van der Waals surface area contributed by atoms with Gasteiger partial charge in [-0.25, -0.2) is 10.2 Å². The maximum absolute atomic E-state index is 13.6. The van der Waals surface area contributed by atoms with Crippen molar-refractivity contribution in [2.24, 2.45) is 23.5 Å². The summed E-state index contributed by atoms with van der Waals surface area (Å²) < 4.78 is 28.3. The molecular formula is C50H79N3O18. The standard InChI is InChI=1S/C50H79N3O18/c1-6-67-49(65)53-52-47(64)42-39(59)28-50(66)27-35(56)24-38(58)37(57)22-21-33(54)23-34(55)25-41(60)68-31(4)30(3)44(61)29(2)19-17-15-13-11-9-7-8-10-12-14-16-18-20-36(26-40(42)71-50)70-48-46(63)43(51)45(62)32(5)69-48/h7-20,29-40,42-46,48,54-59,61-63,66H,6,21-28,51H2,1-5H3,(H,52,64)(H,53,65)/b8-7+,11-9+,12-10+,15-13+,16-14+,19-17+,20-18+/t29-,30-,31-,32+,33+,34+,35-,36-,37+,38+,39-,40-,42+,43-,44+,45+,46-,48-,50+/m0/s1. The molecule has 0 aromatic carbocycles. The fraction of sp³-hybridized carbons (Fsp3) is 0.660. The Hall–Kier alpha value is -4.17. The molecule has 0 radical (unpaired) electrons. The summed E-state index contributed by atoms with van der Waals surface area (Å²) in [5.74, 6) is -6.33. The lowest BCUT2D eigenvalue weighted by Crippen LogP contribution is -2.62. The molecule has 71 heavy (non-hydrogen) atoms. The van der Waals surface area contributed by atoms with E-state index in [1.54, 1.807) is 93.7 Å².